The standard InChI is InChI=1S/C25H28NS/c1-4-10-23(11-5-1)27(24-12-6-2-7-13-24)25-16-14-22(15-17-25)18-21-26-19-8-3-9-20-26/h1-2,4-7,10-17H,3,8-9,18-21H2/q+1. The van der Waals surface area contributed by atoms with Gasteiger partial charge in [0.2, 0.25) is 0 Å². The third kappa shape index (κ3) is 4.82. The van der Waals surface area contributed by atoms with Crippen LogP contribution in [0.4, 0.5) is 0 Å². The Morgan fingerprint density at radius 2 is 1.11 bits per heavy atom. The largest absolute Gasteiger partial charge is 0.303 e. The number of hydrogen-bond acceptors (Lipinski definition) is 1. The molecule has 0 radical (unpaired) electrons. The van der Waals surface area contributed by atoms with Crippen molar-refractivity contribution in [3.8, 4) is 0 Å². The van der Waals surface area contributed by atoms with Crippen LogP contribution in [0.1, 0.15) is 24.8 Å². The fourth-order valence-corrected chi connectivity index (χ4v) is 5.87. The third-order valence-corrected chi connectivity index (χ3v) is 7.51. The second-order valence-corrected chi connectivity index (χ2v) is 9.26. The van der Waals surface area contributed by atoms with Crippen molar-refractivity contribution in [1.82, 2.24) is 4.90 Å². The van der Waals surface area contributed by atoms with Gasteiger partial charge < -0.3 is 4.90 Å². The van der Waals surface area contributed by atoms with Gasteiger partial charge in [-0.2, -0.15) is 0 Å². The van der Waals surface area contributed by atoms with Crippen LogP contribution in [-0.2, 0) is 17.3 Å². The van der Waals surface area contributed by atoms with Crippen LogP contribution < -0.4 is 0 Å². The topological polar surface area (TPSA) is 3.24 Å². The average Bonchev–Trinajstić information content (AvgIpc) is 2.76. The molecule has 1 aliphatic heterocycles. The lowest BCUT2D eigenvalue weighted by Crippen LogP contribution is -2.31. The van der Waals surface area contributed by atoms with Gasteiger partial charge in [0.25, 0.3) is 0 Å². The molecule has 3 aromatic carbocycles. The van der Waals surface area contributed by atoms with Crippen LogP contribution in [0.15, 0.2) is 99.6 Å². The number of hydrogen-bond donors (Lipinski definition) is 0. The Bertz CT molecular complexity index is 768. The molecule has 0 bridgehead atoms. The van der Waals surface area contributed by atoms with E-state index in [9.17, 15) is 0 Å². The maximum absolute atomic E-state index is 2.62. The highest BCUT2D eigenvalue weighted by Crippen LogP contribution is 2.31. The van der Waals surface area contributed by atoms with E-state index in [0.29, 0.717) is 0 Å². The van der Waals surface area contributed by atoms with Gasteiger partial charge in [-0.05, 0) is 74.3 Å². The average molecular weight is 375 g/mol. The quantitative estimate of drug-likeness (QED) is 0.492. The van der Waals surface area contributed by atoms with E-state index >= 15 is 0 Å². The van der Waals surface area contributed by atoms with Gasteiger partial charge >= 0.3 is 0 Å². The third-order valence-electron chi connectivity index (χ3n) is 5.28. The van der Waals surface area contributed by atoms with Gasteiger partial charge in [-0.3, -0.25) is 0 Å². The van der Waals surface area contributed by atoms with E-state index in [1.54, 1.807) is 0 Å². The summed E-state index contributed by atoms with van der Waals surface area (Å²) in [5.41, 5.74) is 1.45. The van der Waals surface area contributed by atoms with Crippen molar-refractivity contribution in [2.75, 3.05) is 19.6 Å². The van der Waals surface area contributed by atoms with E-state index in [4.69, 9.17) is 0 Å². The lowest BCUT2D eigenvalue weighted by atomic mass is 10.1. The molecule has 1 nitrogen and oxygen atoms in total. The van der Waals surface area contributed by atoms with Crippen molar-refractivity contribution < 1.29 is 0 Å². The summed E-state index contributed by atoms with van der Waals surface area (Å²) in [4.78, 5) is 6.78. The highest BCUT2D eigenvalue weighted by atomic mass is 32.2. The van der Waals surface area contributed by atoms with Gasteiger partial charge in [-0.25, -0.2) is 0 Å². The molecule has 4 rings (SSSR count). The van der Waals surface area contributed by atoms with E-state index < -0.39 is 0 Å². The molecule has 1 heterocycles. The van der Waals surface area contributed by atoms with Crippen molar-refractivity contribution >= 4 is 10.9 Å². The van der Waals surface area contributed by atoms with Crippen molar-refractivity contribution in [1.29, 1.82) is 0 Å². The second kappa shape index (κ2) is 9.25. The van der Waals surface area contributed by atoms with Crippen molar-refractivity contribution in [2.45, 2.75) is 40.4 Å². The van der Waals surface area contributed by atoms with Crippen LogP contribution >= 0.6 is 0 Å². The molecule has 0 N–H and O–H groups in total. The summed E-state index contributed by atoms with van der Waals surface area (Å²) in [5.74, 6) is 0. The smallest absolute Gasteiger partial charge is 0.166 e. The molecule has 2 heteroatoms. The first-order chi connectivity index (χ1) is 13.4. The maximum atomic E-state index is 2.62. The van der Waals surface area contributed by atoms with Gasteiger partial charge in [0.05, 0.1) is 10.9 Å². The zero-order valence-corrected chi connectivity index (χ0v) is 16.7. The van der Waals surface area contributed by atoms with Gasteiger partial charge in [0, 0.05) is 6.54 Å². The van der Waals surface area contributed by atoms with Crippen LogP contribution in [0.3, 0.4) is 0 Å². The first kappa shape index (κ1) is 18.3. The zero-order valence-electron chi connectivity index (χ0n) is 15.9. The van der Waals surface area contributed by atoms with Gasteiger partial charge in [0.1, 0.15) is 0 Å². The molecule has 1 fully saturated rings. The van der Waals surface area contributed by atoms with Crippen molar-refractivity contribution in [3.05, 3.63) is 90.5 Å². The minimum Gasteiger partial charge on any atom is -0.303 e. The number of piperidine rings is 1. The van der Waals surface area contributed by atoms with E-state index in [1.165, 1.54) is 59.1 Å². The number of nitrogens with zero attached hydrogens (tertiary/aromatic N) is 1. The molecule has 0 aromatic heterocycles. The molecule has 1 saturated heterocycles. The molecular formula is C25H28NS+. The maximum Gasteiger partial charge on any atom is 0.166 e. The normalized spacial score (nSPS) is 15.1. The Balaban J connectivity index is 1.52. The fraction of sp³-hybridized carbons (Fsp3) is 0.280. The number of rotatable bonds is 6. The highest BCUT2D eigenvalue weighted by Gasteiger charge is 2.28. The van der Waals surface area contributed by atoms with Crippen LogP contribution in [0.5, 0.6) is 0 Å². The highest BCUT2D eigenvalue weighted by molar-refractivity contribution is 7.97. The predicted octanol–water partition coefficient (Wildman–Crippen LogP) is 5.81. The molecule has 27 heavy (non-hydrogen) atoms. The monoisotopic (exact) mass is 374 g/mol. The number of likely N-dealkylation sites (tertiary alicyclic amines) is 1. The van der Waals surface area contributed by atoms with Crippen LogP contribution in [-0.4, -0.2) is 24.5 Å². The molecular weight excluding hydrogens is 346 g/mol. The van der Waals surface area contributed by atoms with Crippen LogP contribution in [0.2, 0.25) is 0 Å². The second-order valence-electron chi connectivity index (χ2n) is 7.23. The van der Waals surface area contributed by atoms with E-state index in [-0.39, 0.29) is 10.9 Å². The zero-order chi connectivity index (χ0) is 18.3. The molecule has 138 valence electrons. The molecule has 3 aromatic rings. The Morgan fingerprint density at radius 3 is 1.67 bits per heavy atom. The van der Waals surface area contributed by atoms with Gasteiger partial charge in [-0.1, -0.05) is 55.0 Å². The van der Waals surface area contributed by atoms with Crippen molar-refractivity contribution in [3.63, 3.8) is 0 Å². The first-order valence-corrected chi connectivity index (χ1v) is 11.3. The van der Waals surface area contributed by atoms with E-state index in [1.807, 2.05) is 0 Å². The van der Waals surface area contributed by atoms with Gasteiger partial charge in [0.15, 0.2) is 14.7 Å². The Hall–Kier alpha value is -2.03. The SMILES string of the molecule is c1ccc([S+](c2ccccc2)c2ccc(CCN3CCCCC3)cc2)cc1. The Labute approximate surface area is 166 Å². The molecule has 0 amide bonds. The predicted molar refractivity (Wildman–Crippen MR) is 115 cm³/mol. The molecule has 0 atom stereocenters. The molecule has 0 unspecified atom stereocenters. The lowest BCUT2D eigenvalue weighted by Gasteiger charge is -2.26. The van der Waals surface area contributed by atoms with Crippen LogP contribution in [0, 0.1) is 0 Å². The lowest BCUT2D eigenvalue weighted by molar-refractivity contribution is 0.231. The summed E-state index contributed by atoms with van der Waals surface area (Å²) in [7, 11) is -0.0415. The Morgan fingerprint density at radius 1 is 0.593 bits per heavy atom. The first-order valence-electron chi connectivity index (χ1n) is 10.1. The molecule has 0 saturated carbocycles. The number of benzene rings is 3. The minimum atomic E-state index is -0.0415. The van der Waals surface area contributed by atoms with E-state index in [0.717, 1.165) is 6.42 Å². The molecule has 0 spiro atoms. The summed E-state index contributed by atoms with van der Waals surface area (Å²) in [6, 6.07) is 31.1. The fourth-order valence-electron chi connectivity index (χ4n) is 3.78. The van der Waals surface area contributed by atoms with E-state index in [2.05, 4.69) is 89.8 Å². The molecule has 0 aliphatic carbocycles. The van der Waals surface area contributed by atoms with Crippen molar-refractivity contribution in [2.24, 2.45) is 0 Å². The summed E-state index contributed by atoms with van der Waals surface area (Å²) < 4.78 is 0. The summed E-state index contributed by atoms with van der Waals surface area (Å²) in [6.45, 7) is 3.76. The van der Waals surface area contributed by atoms with Gasteiger partial charge in [-0.15, -0.1) is 0 Å². The summed E-state index contributed by atoms with van der Waals surface area (Å²) in [5, 5.41) is 0. The summed E-state index contributed by atoms with van der Waals surface area (Å²) in [6.07, 6.45) is 5.31. The minimum absolute atomic E-state index is 0.0415. The van der Waals surface area contributed by atoms with Crippen LogP contribution in [0.25, 0.3) is 0 Å². The molecule has 1 aliphatic rings. The summed E-state index contributed by atoms with van der Waals surface area (Å²) >= 11 is 0. The Kier molecular flexibility index (Phi) is 6.28.